The summed E-state index contributed by atoms with van der Waals surface area (Å²) in [6.07, 6.45) is -4.27. The van der Waals surface area contributed by atoms with Crippen LogP contribution in [0.25, 0.3) is 0 Å². The van der Waals surface area contributed by atoms with Crippen LogP contribution in [0.15, 0.2) is 22.7 Å². The zero-order chi connectivity index (χ0) is 18.2. The largest absolute Gasteiger partial charge is 0.417 e. The van der Waals surface area contributed by atoms with E-state index >= 15 is 0 Å². The molecule has 1 aromatic carbocycles. The number of alkyl halides is 3. The molecule has 0 saturated heterocycles. The van der Waals surface area contributed by atoms with E-state index in [0.29, 0.717) is 0 Å². The molecule has 1 amide bonds. The van der Waals surface area contributed by atoms with E-state index in [1.807, 2.05) is 12.1 Å². The van der Waals surface area contributed by atoms with E-state index in [0.717, 1.165) is 6.07 Å². The highest BCUT2D eigenvalue weighted by Gasteiger charge is 2.33. The molecule has 1 N–H and O–H groups in total. The summed E-state index contributed by atoms with van der Waals surface area (Å²) in [6, 6.07) is 7.39. The van der Waals surface area contributed by atoms with Gasteiger partial charge in [-0.05, 0) is 18.2 Å². The van der Waals surface area contributed by atoms with Gasteiger partial charge < -0.3 is 10.2 Å². The maximum absolute atomic E-state index is 12.8. The second-order valence-corrected chi connectivity index (χ2v) is 5.60. The molecule has 0 atom stereocenters. The van der Waals surface area contributed by atoms with Gasteiger partial charge in [-0.2, -0.15) is 23.7 Å². The fourth-order valence-electron chi connectivity index (χ4n) is 1.87. The molecule has 128 valence electrons. The molecule has 1 aromatic rings. The van der Waals surface area contributed by atoms with Crippen LogP contribution in [0.3, 0.4) is 0 Å². The van der Waals surface area contributed by atoms with E-state index in [-0.39, 0.29) is 42.6 Å². The molecule has 0 aliphatic carbocycles. The van der Waals surface area contributed by atoms with Crippen LogP contribution in [0, 0.1) is 22.7 Å². The van der Waals surface area contributed by atoms with Crippen molar-refractivity contribution >= 4 is 27.5 Å². The van der Waals surface area contributed by atoms with E-state index in [9.17, 15) is 18.0 Å². The van der Waals surface area contributed by atoms with Crippen LogP contribution in [-0.4, -0.2) is 30.4 Å². The van der Waals surface area contributed by atoms with Gasteiger partial charge >= 0.3 is 6.18 Å². The highest BCUT2D eigenvalue weighted by atomic mass is 79.9. The van der Waals surface area contributed by atoms with Crippen molar-refractivity contribution in [3.8, 4) is 12.1 Å². The zero-order valence-electron chi connectivity index (χ0n) is 12.5. The average molecular weight is 403 g/mol. The van der Waals surface area contributed by atoms with Crippen molar-refractivity contribution in [1.29, 1.82) is 10.5 Å². The fraction of sp³-hybridized carbons (Fsp3) is 0.400. The first kappa shape index (κ1) is 19.8. The molecule has 0 heterocycles. The number of hydrogen-bond donors (Lipinski definition) is 1. The first-order valence-corrected chi connectivity index (χ1v) is 7.71. The molecule has 0 fully saturated rings. The number of anilines is 1. The van der Waals surface area contributed by atoms with Crippen LogP contribution in [0.1, 0.15) is 18.4 Å². The van der Waals surface area contributed by atoms with E-state index in [4.69, 9.17) is 10.5 Å². The lowest BCUT2D eigenvalue weighted by atomic mass is 10.2. The van der Waals surface area contributed by atoms with Crippen LogP contribution in [0.2, 0.25) is 0 Å². The SMILES string of the molecule is N#CCCN(CCC#N)C(=O)CNc1ccc(Br)c(C(F)(F)F)c1. The fourth-order valence-corrected chi connectivity index (χ4v) is 2.34. The molecule has 0 aliphatic rings. The number of nitrogens with one attached hydrogen (secondary N) is 1. The van der Waals surface area contributed by atoms with E-state index in [1.54, 1.807) is 0 Å². The topological polar surface area (TPSA) is 79.9 Å². The zero-order valence-corrected chi connectivity index (χ0v) is 14.1. The maximum Gasteiger partial charge on any atom is 0.417 e. The van der Waals surface area contributed by atoms with Crippen molar-refractivity contribution < 1.29 is 18.0 Å². The van der Waals surface area contributed by atoms with Gasteiger partial charge in [0.2, 0.25) is 5.91 Å². The van der Waals surface area contributed by atoms with Crippen LogP contribution < -0.4 is 5.32 Å². The molecule has 0 unspecified atom stereocenters. The second kappa shape index (κ2) is 9.14. The van der Waals surface area contributed by atoms with Gasteiger partial charge in [-0.3, -0.25) is 4.79 Å². The Bertz CT molecular complexity index is 646. The van der Waals surface area contributed by atoms with Crippen molar-refractivity contribution in [3.05, 3.63) is 28.2 Å². The number of nitrogens with zero attached hydrogens (tertiary/aromatic N) is 3. The Balaban J connectivity index is 2.75. The molecule has 1 rings (SSSR count). The van der Waals surface area contributed by atoms with Crippen LogP contribution >= 0.6 is 15.9 Å². The summed E-state index contributed by atoms with van der Waals surface area (Å²) in [5.74, 6) is -0.392. The summed E-state index contributed by atoms with van der Waals surface area (Å²) in [5, 5.41) is 19.8. The molecule has 0 aromatic heterocycles. The molecular formula is C15H14BrF3N4O. The van der Waals surface area contributed by atoms with Crippen molar-refractivity contribution in [2.75, 3.05) is 25.0 Å². The van der Waals surface area contributed by atoms with Crippen LogP contribution in [0.4, 0.5) is 18.9 Å². The van der Waals surface area contributed by atoms with Gasteiger partial charge in [-0.25, -0.2) is 0 Å². The number of rotatable bonds is 7. The standard InChI is InChI=1S/C15H14BrF3N4O/c16-13-4-3-11(9-12(13)15(17,18)19)22-10-14(24)23(7-1-5-20)8-2-6-21/h3-4,9,22H,1-2,7-8,10H2. The summed E-state index contributed by atoms with van der Waals surface area (Å²) in [5.41, 5.74) is -0.690. The molecule has 24 heavy (non-hydrogen) atoms. The Morgan fingerprint density at radius 1 is 1.21 bits per heavy atom. The number of carbonyl (C=O) groups is 1. The minimum atomic E-state index is -4.51. The molecule has 5 nitrogen and oxygen atoms in total. The third-order valence-corrected chi connectivity index (χ3v) is 3.75. The van der Waals surface area contributed by atoms with Gasteiger partial charge in [-0.15, -0.1) is 0 Å². The normalized spacial score (nSPS) is 10.6. The molecule has 0 spiro atoms. The van der Waals surface area contributed by atoms with E-state index in [1.165, 1.54) is 17.0 Å². The minimum Gasteiger partial charge on any atom is -0.376 e. The quantitative estimate of drug-likeness (QED) is 0.756. The van der Waals surface area contributed by atoms with Crippen molar-refractivity contribution in [1.82, 2.24) is 4.90 Å². The van der Waals surface area contributed by atoms with E-state index in [2.05, 4.69) is 21.2 Å². The Morgan fingerprint density at radius 2 is 1.79 bits per heavy atom. The van der Waals surface area contributed by atoms with Gasteiger partial charge in [0.25, 0.3) is 0 Å². The molecular weight excluding hydrogens is 389 g/mol. The maximum atomic E-state index is 12.8. The summed E-state index contributed by atoms with van der Waals surface area (Å²) < 4.78 is 38.4. The Kier molecular flexibility index (Phi) is 7.53. The number of hydrogen-bond acceptors (Lipinski definition) is 4. The van der Waals surface area contributed by atoms with Crippen molar-refractivity contribution in [3.63, 3.8) is 0 Å². The first-order valence-electron chi connectivity index (χ1n) is 6.92. The number of carbonyl (C=O) groups excluding carboxylic acids is 1. The predicted octanol–water partition coefficient (Wildman–Crippen LogP) is 3.54. The molecule has 9 heteroatoms. The van der Waals surface area contributed by atoms with Crippen LogP contribution in [0.5, 0.6) is 0 Å². The van der Waals surface area contributed by atoms with Gasteiger partial charge in [0.1, 0.15) is 0 Å². The number of halogens is 4. The third-order valence-electron chi connectivity index (χ3n) is 3.06. The Hall–Kier alpha value is -2.26. The number of amides is 1. The first-order chi connectivity index (χ1) is 11.3. The van der Waals surface area contributed by atoms with Crippen molar-refractivity contribution in [2.45, 2.75) is 19.0 Å². The number of benzene rings is 1. The van der Waals surface area contributed by atoms with E-state index < -0.39 is 17.6 Å². The summed E-state index contributed by atoms with van der Waals surface area (Å²) >= 11 is 2.84. The highest BCUT2D eigenvalue weighted by molar-refractivity contribution is 9.10. The monoisotopic (exact) mass is 402 g/mol. The van der Waals surface area contributed by atoms with Gasteiger partial charge in [0, 0.05) is 23.2 Å². The predicted molar refractivity (Wildman–Crippen MR) is 84.7 cm³/mol. The Labute approximate surface area is 145 Å². The Morgan fingerprint density at radius 3 is 2.29 bits per heavy atom. The van der Waals surface area contributed by atoms with Gasteiger partial charge in [-0.1, -0.05) is 15.9 Å². The van der Waals surface area contributed by atoms with Crippen LogP contribution in [-0.2, 0) is 11.0 Å². The number of nitriles is 2. The van der Waals surface area contributed by atoms with Gasteiger partial charge in [0.15, 0.2) is 0 Å². The minimum absolute atomic E-state index is 0.0865. The lowest BCUT2D eigenvalue weighted by Crippen LogP contribution is -2.37. The smallest absolute Gasteiger partial charge is 0.376 e. The average Bonchev–Trinajstić information content (AvgIpc) is 2.53. The summed E-state index contributed by atoms with van der Waals surface area (Å²) in [4.78, 5) is 13.4. The van der Waals surface area contributed by atoms with Crippen molar-refractivity contribution in [2.24, 2.45) is 0 Å². The highest BCUT2D eigenvalue weighted by Crippen LogP contribution is 2.36. The molecule has 0 aliphatic heterocycles. The third kappa shape index (κ3) is 6.09. The lowest BCUT2D eigenvalue weighted by molar-refractivity contribution is -0.138. The lowest BCUT2D eigenvalue weighted by Gasteiger charge is -2.21. The summed E-state index contributed by atoms with van der Waals surface area (Å²) in [7, 11) is 0. The molecule has 0 saturated carbocycles. The molecule has 0 radical (unpaired) electrons. The second-order valence-electron chi connectivity index (χ2n) is 4.74. The molecule has 0 bridgehead atoms. The summed E-state index contributed by atoms with van der Waals surface area (Å²) in [6.45, 7) is 0.120. The van der Waals surface area contributed by atoms with Gasteiger partial charge in [0.05, 0.1) is 37.1 Å².